The van der Waals surface area contributed by atoms with Crippen LogP contribution in [0.4, 0.5) is 17.1 Å². The molecule has 0 radical (unpaired) electrons. The van der Waals surface area contributed by atoms with Gasteiger partial charge in [0.25, 0.3) is 0 Å². The largest absolute Gasteiger partial charge is 0.314 e. The van der Waals surface area contributed by atoms with Gasteiger partial charge in [-0.15, -0.1) is 0 Å². The summed E-state index contributed by atoms with van der Waals surface area (Å²) >= 11 is 0. The van der Waals surface area contributed by atoms with E-state index in [9.17, 15) is 0 Å². The van der Waals surface area contributed by atoms with Crippen LogP contribution in [0.25, 0.3) is 55.0 Å². The lowest BCUT2D eigenvalue weighted by Gasteiger charge is -2.26. The molecular weight excluding hydrogens is 546 g/mol. The molecule has 0 spiro atoms. The Bertz CT molecular complexity index is 2430. The van der Waals surface area contributed by atoms with Gasteiger partial charge in [-0.1, -0.05) is 109 Å². The lowest BCUT2D eigenvalue weighted by atomic mass is 10.0. The van der Waals surface area contributed by atoms with E-state index in [1.54, 1.807) is 0 Å². The molecule has 3 heteroatoms. The molecule has 0 bridgehead atoms. The number of benzene rings is 6. The van der Waals surface area contributed by atoms with Gasteiger partial charge >= 0.3 is 0 Å². The highest BCUT2D eigenvalue weighted by Gasteiger charge is 2.22. The summed E-state index contributed by atoms with van der Waals surface area (Å²) < 4.78 is 4.84. The van der Waals surface area contributed by atoms with Gasteiger partial charge in [-0.25, -0.2) is 0 Å². The first-order valence-corrected chi connectivity index (χ1v) is 15.4. The maximum absolute atomic E-state index is 2.46. The van der Waals surface area contributed by atoms with Crippen LogP contribution in [-0.2, 0) is 0 Å². The summed E-state index contributed by atoms with van der Waals surface area (Å²) in [6, 6.07) is 60.8. The first kappa shape index (κ1) is 25.4. The molecule has 3 aromatic heterocycles. The molecule has 0 atom stereocenters. The minimum Gasteiger partial charge on any atom is -0.314 e. The highest BCUT2D eigenvalue weighted by atomic mass is 15.1. The maximum Gasteiger partial charge on any atom is 0.0790 e. The molecule has 3 heterocycles. The Morgan fingerprint density at radius 2 is 0.978 bits per heavy atom. The quantitative estimate of drug-likeness (QED) is 0.199. The molecule has 0 fully saturated rings. The predicted molar refractivity (Wildman–Crippen MR) is 189 cm³/mol. The summed E-state index contributed by atoms with van der Waals surface area (Å²) in [6.45, 7) is 0. The van der Waals surface area contributed by atoms with Crippen molar-refractivity contribution in [2.45, 2.75) is 0 Å². The second-order valence-electron chi connectivity index (χ2n) is 11.4. The first-order valence-electron chi connectivity index (χ1n) is 15.4. The maximum atomic E-state index is 2.46. The highest BCUT2D eigenvalue weighted by molar-refractivity contribution is 6.20. The number of nitrogens with zero attached hydrogens (tertiary/aromatic N) is 3. The zero-order valence-electron chi connectivity index (χ0n) is 24.6. The summed E-state index contributed by atoms with van der Waals surface area (Å²) in [7, 11) is 0. The zero-order valence-corrected chi connectivity index (χ0v) is 24.6. The number of hydrogen-bond acceptors (Lipinski definition) is 1. The van der Waals surface area contributed by atoms with Crippen LogP contribution in [0.3, 0.4) is 0 Å². The van der Waals surface area contributed by atoms with Gasteiger partial charge in [0.15, 0.2) is 0 Å². The van der Waals surface area contributed by atoms with Gasteiger partial charge < -0.3 is 13.9 Å². The van der Waals surface area contributed by atoms with Crippen molar-refractivity contribution in [3.05, 3.63) is 176 Å². The van der Waals surface area contributed by atoms with Crippen molar-refractivity contribution in [3.8, 4) is 16.8 Å². The van der Waals surface area contributed by atoms with Crippen molar-refractivity contribution in [3.63, 3.8) is 0 Å². The van der Waals surface area contributed by atoms with Crippen molar-refractivity contribution in [1.82, 2.24) is 8.97 Å². The van der Waals surface area contributed by atoms with Gasteiger partial charge in [-0.05, 0) is 66.2 Å². The fraction of sp³-hybridized carbons (Fsp3) is 0. The Kier molecular flexibility index (Phi) is 5.82. The summed E-state index contributed by atoms with van der Waals surface area (Å²) in [6.07, 6.45) is 2.24. The summed E-state index contributed by atoms with van der Waals surface area (Å²) in [5.74, 6) is 0. The van der Waals surface area contributed by atoms with Gasteiger partial charge in [-0.3, -0.25) is 0 Å². The molecule has 0 aliphatic carbocycles. The molecule has 45 heavy (non-hydrogen) atoms. The zero-order chi connectivity index (χ0) is 29.7. The molecule has 0 N–H and O–H groups in total. The van der Waals surface area contributed by atoms with Gasteiger partial charge in [0, 0.05) is 50.7 Å². The van der Waals surface area contributed by atoms with E-state index in [1.165, 1.54) is 49.4 Å². The molecule has 0 amide bonds. The van der Waals surface area contributed by atoms with E-state index in [1.807, 2.05) is 0 Å². The molecule has 9 rings (SSSR count). The Balaban J connectivity index is 1.39. The monoisotopic (exact) mass is 575 g/mol. The van der Waals surface area contributed by atoms with E-state index in [2.05, 4.69) is 190 Å². The van der Waals surface area contributed by atoms with Crippen LogP contribution in [0.1, 0.15) is 0 Å². The van der Waals surface area contributed by atoms with E-state index in [4.69, 9.17) is 0 Å². The third-order valence-electron chi connectivity index (χ3n) is 8.88. The minimum atomic E-state index is 1.10. The lowest BCUT2D eigenvalue weighted by molar-refractivity contribution is 1.16. The smallest absolute Gasteiger partial charge is 0.0790 e. The van der Waals surface area contributed by atoms with Crippen molar-refractivity contribution in [2.24, 2.45) is 0 Å². The number of para-hydroxylation sites is 4. The Morgan fingerprint density at radius 3 is 1.69 bits per heavy atom. The molecule has 0 saturated carbocycles. The third kappa shape index (κ3) is 3.98. The normalized spacial score (nSPS) is 11.6. The average Bonchev–Trinajstić information content (AvgIpc) is 3.63. The van der Waals surface area contributed by atoms with Gasteiger partial charge in [0.05, 0.1) is 22.1 Å². The number of aromatic nitrogens is 2. The highest BCUT2D eigenvalue weighted by Crippen LogP contribution is 2.43. The minimum absolute atomic E-state index is 1.10. The third-order valence-corrected chi connectivity index (χ3v) is 8.88. The Hall–Kier alpha value is -6.06. The van der Waals surface area contributed by atoms with Crippen molar-refractivity contribution < 1.29 is 0 Å². The second kappa shape index (κ2) is 10.3. The van der Waals surface area contributed by atoms with Crippen LogP contribution < -0.4 is 4.90 Å². The van der Waals surface area contributed by atoms with Crippen LogP contribution in [0.2, 0.25) is 0 Å². The molecule has 0 unspecified atom stereocenters. The van der Waals surface area contributed by atoms with Crippen molar-refractivity contribution in [1.29, 1.82) is 0 Å². The Morgan fingerprint density at radius 1 is 0.400 bits per heavy atom. The summed E-state index contributed by atoms with van der Waals surface area (Å²) in [5.41, 5.74) is 11.7. The molecule has 3 nitrogen and oxygen atoms in total. The lowest BCUT2D eigenvalue weighted by Crippen LogP contribution is -2.10. The van der Waals surface area contributed by atoms with Crippen LogP contribution in [0.5, 0.6) is 0 Å². The first-order chi connectivity index (χ1) is 22.4. The van der Waals surface area contributed by atoms with Crippen LogP contribution in [0.15, 0.2) is 176 Å². The fourth-order valence-corrected chi connectivity index (χ4v) is 7.00. The standard InChI is InChI=1S/C42H29N3/c1-4-15-30(16-5-1)40-37-24-11-12-25-38(37)43-28-27-36-35-23-10-13-26-39(35)45(41(36)42(40)43)34-22-14-21-33(29-34)44(31-17-6-2-7-18-31)32-19-8-3-9-20-32/h1-29H. The molecule has 0 aliphatic heterocycles. The topological polar surface area (TPSA) is 12.6 Å². The van der Waals surface area contributed by atoms with Gasteiger partial charge in [0.1, 0.15) is 0 Å². The average molecular weight is 576 g/mol. The number of hydrogen-bond donors (Lipinski definition) is 0. The molecule has 0 saturated heterocycles. The number of rotatable bonds is 5. The predicted octanol–water partition coefficient (Wildman–Crippen LogP) is 11.3. The number of fused-ring (bicyclic) bond motifs is 7. The van der Waals surface area contributed by atoms with Crippen LogP contribution in [0, 0.1) is 0 Å². The van der Waals surface area contributed by atoms with E-state index < -0.39 is 0 Å². The van der Waals surface area contributed by atoms with Crippen LogP contribution >= 0.6 is 0 Å². The molecule has 9 aromatic rings. The van der Waals surface area contributed by atoms with E-state index in [-0.39, 0.29) is 0 Å². The molecular formula is C42H29N3. The molecule has 6 aromatic carbocycles. The van der Waals surface area contributed by atoms with Gasteiger partial charge in [-0.2, -0.15) is 0 Å². The molecule has 0 aliphatic rings. The second-order valence-corrected chi connectivity index (χ2v) is 11.4. The van der Waals surface area contributed by atoms with Gasteiger partial charge in [0.2, 0.25) is 0 Å². The van der Waals surface area contributed by atoms with Crippen LogP contribution in [-0.4, -0.2) is 8.97 Å². The van der Waals surface area contributed by atoms with E-state index in [0.29, 0.717) is 0 Å². The van der Waals surface area contributed by atoms with Crippen molar-refractivity contribution in [2.75, 3.05) is 4.90 Å². The Labute approximate surface area is 261 Å². The van der Waals surface area contributed by atoms with E-state index >= 15 is 0 Å². The summed E-state index contributed by atoms with van der Waals surface area (Å²) in [5, 5.41) is 3.74. The molecule has 212 valence electrons. The van der Waals surface area contributed by atoms with E-state index in [0.717, 1.165) is 22.7 Å². The fourth-order valence-electron chi connectivity index (χ4n) is 7.00. The number of anilines is 3. The SMILES string of the molecule is c1ccc(-c2c3ccccc3n3ccc4c5ccccc5n(-c5cccc(N(c6ccccc6)c6ccccc6)c5)c4c23)cc1. The summed E-state index contributed by atoms with van der Waals surface area (Å²) in [4.78, 5) is 2.33. The number of pyridine rings is 1. The van der Waals surface area contributed by atoms with Crippen molar-refractivity contribution >= 4 is 55.3 Å².